The monoisotopic (exact) mass is 343 g/mol. The summed E-state index contributed by atoms with van der Waals surface area (Å²) in [6.07, 6.45) is 3.91. The van der Waals surface area contributed by atoms with Crippen molar-refractivity contribution in [3.63, 3.8) is 0 Å². The molecular weight excluding hydrogens is 322 g/mol. The van der Waals surface area contributed by atoms with Gasteiger partial charge in [0, 0.05) is 5.56 Å². The number of nitrogens with one attached hydrogen (secondary N) is 1. The molecule has 1 aromatic carbocycles. The lowest BCUT2D eigenvalue weighted by Gasteiger charge is -2.14. The number of nitrogens with zero attached hydrogens (tertiary/aromatic N) is 2. The Morgan fingerprint density at radius 3 is 2.54 bits per heavy atom. The number of H-pyrrole nitrogens is 1. The summed E-state index contributed by atoms with van der Waals surface area (Å²) in [6.45, 7) is 6.73. The molecule has 1 aromatic heterocycles. The van der Waals surface area contributed by atoms with Crippen LogP contribution in [0.1, 0.15) is 36.5 Å². The minimum Gasteiger partial charge on any atom is -0.493 e. The Morgan fingerprint density at radius 2 is 2.00 bits per heavy atom. The molecule has 0 fully saturated rings. The highest BCUT2D eigenvalue weighted by Crippen LogP contribution is 2.30. The lowest BCUT2D eigenvalue weighted by Crippen LogP contribution is -2.14. The number of rotatable bonds is 6. The summed E-state index contributed by atoms with van der Waals surface area (Å²) in [5.74, 6) is 0.862. The molecule has 1 N–H and O–H groups in total. The van der Waals surface area contributed by atoms with E-state index in [4.69, 9.17) is 4.74 Å². The van der Waals surface area contributed by atoms with Gasteiger partial charge in [0.1, 0.15) is 17.4 Å². The Hall–Kier alpha value is -2.26. The standard InChI is InChI=1S/C18H21N3O2S/c1-5-6-7-23-16-11(2)8-13(9-12(16)3)15-14(10-19)17(22)21-18(20-15)24-4/h8-9H,5-7H2,1-4H3,(H,20,21,22). The summed E-state index contributed by atoms with van der Waals surface area (Å²) < 4.78 is 5.87. The van der Waals surface area contributed by atoms with Gasteiger partial charge in [-0.15, -0.1) is 0 Å². The lowest BCUT2D eigenvalue weighted by molar-refractivity contribution is 0.305. The van der Waals surface area contributed by atoms with Crippen LogP contribution in [0.15, 0.2) is 22.1 Å². The molecule has 0 saturated heterocycles. The maximum atomic E-state index is 12.1. The Bertz CT molecular complexity index is 814. The molecule has 0 aliphatic carbocycles. The zero-order chi connectivity index (χ0) is 17.7. The van der Waals surface area contributed by atoms with Crippen molar-refractivity contribution in [2.45, 2.75) is 38.8 Å². The van der Waals surface area contributed by atoms with E-state index in [1.807, 2.05) is 38.3 Å². The van der Waals surface area contributed by atoms with Gasteiger partial charge in [-0.2, -0.15) is 5.26 Å². The van der Waals surface area contributed by atoms with Crippen molar-refractivity contribution in [1.29, 1.82) is 5.26 Å². The maximum absolute atomic E-state index is 12.1. The van der Waals surface area contributed by atoms with Crippen molar-refractivity contribution in [3.05, 3.63) is 39.2 Å². The van der Waals surface area contributed by atoms with Gasteiger partial charge in [-0.05, 0) is 49.8 Å². The van der Waals surface area contributed by atoms with Crippen molar-refractivity contribution in [1.82, 2.24) is 9.97 Å². The normalized spacial score (nSPS) is 10.5. The van der Waals surface area contributed by atoms with E-state index in [-0.39, 0.29) is 5.56 Å². The number of thioether (sulfide) groups is 1. The van der Waals surface area contributed by atoms with Gasteiger partial charge in [0.25, 0.3) is 5.56 Å². The van der Waals surface area contributed by atoms with Crippen molar-refractivity contribution >= 4 is 11.8 Å². The average molecular weight is 343 g/mol. The van der Waals surface area contributed by atoms with E-state index in [9.17, 15) is 10.1 Å². The molecule has 2 aromatic rings. The highest BCUT2D eigenvalue weighted by molar-refractivity contribution is 7.98. The summed E-state index contributed by atoms with van der Waals surface area (Å²) in [7, 11) is 0. The molecule has 0 radical (unpaired) electrons. The molecule has 0 aliphatic rings. The highest BCUT2D eigenvalue weighted by atomic mass is 32.2. The molecule has 0 bridgehead atoms. The molecule has 5 nitrogen and oxygen atoms in total. The summed E-state index contributed by atoms with van der Waals surface area (Å²) in [5, 5.41) is 9.81. The summed E-state index contributed by atoms with van der Waals surface area (Å²) in [5.41, 5.74) is 2.73. The van der Waals surface area contributed by atoms with E-state index in [0.29, 0.717) is 17.5 Å². The van der Waals surface area contributed by atoms with Crippen LogP contribution in [0, 0.1) is 25.2 Å². The van der Waals surface area contributed by atoms with Crippen LogP contribution in [0.3, 0.4) is 0 Å². The van der Waals surface area contributed by atoms with Crippen molar-refractivity contribution in [3.8, 4) is 23.1 Å². The van der Waals surface area contributed by atoms with Gasteiger partial charge in [0.05, 0.1) is 12.3 Å². The number of unbranched alkanes of at least 4 members (excludes halogenated alkanes) is 1. The third kappa shape index (κ3) is 3.80. The number of aryl methyl sites for hydroxylation is 2. The van der Waals surface area contributed by atoms with E-state index in [1.165, 1.54) is 11.8 Å². The van der Waals surface area contributed by atoms with Crippen molar-refractivity contribution in [2.75, 3.05) is 12.9 Å². The molecule has 0 atom stereocenters. The lowest BCUT2D eigenvalue weighted by atomic mass is 10.0. The Balaban J connectivity index is 2.53. The van der Waals surface area contributed by atoms with Gasteiger partial charge in [-0.1, -0.05) is 25.1 Å². The van der Waals surface area contributed by atoms with Gasteiger partial charge >= 0.3 is 0 Å². The summed E-state index contributed by atoms with van der Waals surface area (Å²) in [6, 6.07) is 5.80. The van der Waals surface area contributed by atoms with Crippen LogP contribution in [0.25, 0.3) is 11.3 Å². The summed E-state index contributed by atoms with van der Waals surface area (Å²) in [4.78, 5) is 19.1. The van der Waals surface area contributed by atoms with E-state index in [1.54, 1.807) is 0 Å². The van der Waals surface area contributed by atoms with Gasteiger partial charge < -0.3 is 9.72 Å². The van der Waals surface area contributed by atoms with Crippen molar-refractivity contribution in [2.24, 2.45) is 0 Å². The number of ether oxygens (including phenoxy) is 1. The van der Waals surface area contributed by atoms with Crippen molar-refractivity contribution < 1.29 is 4.74 Å². The number of aromatic amines is 1. The molecule has 126 valence electrons. The second-order valence-corrected chi connectivity index (χ2v) is 6.35. The molecule has 0 saturated carbocycles. The summed E-state index contributed by atoms with van der Waals surface area (Å²) >= 11 is 1.34. The first-order valence-corrected chi connectivity index (χ1v) is 9.07. The fourth-order valence-corrected chi connectivity index (χ4v) is 2.87. The Labute approximate surface area is 146 Å². The van der Waals surface area contributed by atoms with Crippen LogP contribution in [0.5, 0.6) is 5.75 Å². The van der Waals surface area contributed by atoms with Gasteiger partial charge in [0.2, 0.25) is 0 Å². The topological polar surface area (TPSA) is 78.8 Å². The van der Waals surface area contributed by atoms with Crippen LogP contribution in [-0.4, -0.2) is 22.8 Å². The second kappa shape index (κ2) is 8.02. The molecule has 6 heteroatoms. The predicted octanol–water partition coefficient (Wildman–Crippen LogP) is 3.83. The number of nitriles is 1. The van der Waals surface area contributed by atoms with Crippen LogP contribution in [0.2, 0.25) is 0 Å². The van der Waals surface area contributed by atoms with Gasteiger partial charge in [-0.25, -0.2) is 4.98 Å². The Kier molecular flexibility index (Phi) is 6.04. The van der Waals surface area contributed by atoms with Crippen LogP contribution < -0.4 is 10.3 Å². The fraction of sp³-hybridized carbons (Fsp3) is 0.389. The zero-order valence-corrected chi connectivity index (χ0v) is 15.2. The number of benzene rings is 1. The van der Waals surface area contributed by atoms with Crippen LogP contribution >= 0.6 is 11.8 Å². The number of hydrogen-bond donors (Lipinski definition) is 1. The number of aromatic nitrogens is 2. The average Bonchev–Trinajstić information content (AvgIpc) is 2.56. The zero-order valence-electron chi connectivity index (χ0n) is 14.4. The highest BCUT2D eigenvalue weighted by Gasteiger charge is 2.16. The quantitative estimate of drug-likeness (QED) is 0.490. The smallest absolute Gasteiger partial charge is 0.270 e. The van der Waals surface area contributed by atoms with E-state index < -0.39 is 5.56 Å². The molecule has 0 aliphatic heterocycles. The second-order valence-electron chi connectivity index (χ2n) is 5.55. The van der Waals surface area contributed by atoms with Gasteiger partial charge in [0.15, 0.2) is 5.16 Å². The van der Waals surface area contributed by atoms with E-state index >= 15 is 0 Å². The fourth-order valence-electron chi connectivity index (χ4n) is 2.50. The minimum absolute atomic E-state index is 0.0336. The molecule has 1 heterocycles. The van der Waals surface area contributed by atoms with Crippen LogP contribution in [0.4, 0.5) is 0 Å². The first-order valence-electron chi connectivity index (χ1n) is 7.84. The van der Waals surface area contributed by atoms with E-state index in [0.717, 1.165) is 35.3 Å². The minimum atomic E-state index is -0.412. The van der Waals surface area contributed by atoms with Crippen LogP contribution in [-0.2, 0) is 0 Å². The maximum Gasteiger partial charge on any atom is 0.270 e. The predicted molar refractivity (Wildman–Crippen MR) is 96.7 cm³/mol. The van der Waals surface area contributed by atoms with Gasteiger partial charge in [-0.3, -0.25) is 4.79 Å². The Morgan fingerprint density at radius 1 is 1.33 bits per heavy atom. The largest absolute Gasteiger partial charge is 0.493 e. The molecule has 2 rings (SSSR count). The number of hydrogen-bond acceptors (Lipinski definition) is 5. The molecule has 0 unspecified atom stereocenters. The molecule has 0 amide bonds. The SMILES string of the molecule is CCCCOc1c(C)cc(-c2nc(SC)[nH]c(=O)c2C#N)cc1C. The molecule has 24 heavy (non-hydrogen) atoms. The third-order valence-corrected chi connectivity index (χ3v) is 4.26. The van der Waals surface area contributed by atoms with E-state index in [2.05, 4.69) is 16.9 Å². The molecule has 0 spiro atoms. The first kappa shape index (κ1) is 18.1. The third-order valence-electron chi connectivity index (χ3n) is 3.68. The molecular formula is C18H21N3O2S. The first-order chi connectivity index (χ1) is 11.5.